The van der Waals surface area contributed by atoms with Gasteiger partial charge in [0.25, 0.3) is 0 Å². The molecule has 0 aliphatic carbocycles. The minimum Gasteiger partial charge on any atom is -0.450 e. The van der Waals surface area contributed by atoms with Crippen molar-refractivity contribution >= 4 is 6.09 Å². The maximum absolute atomic E-state index is 11.4. The van der Waals surface area contributed by atoms with Crippen molar-refractivity contribution in [2.45, 2.75) is 64.6 Å². The first-order valence-electron chi connectivity index (χ1n) is 5.97. The van der Waals surface area contributed by atoms with Crippen LogP contribution in [-0.4, -0.2) is 29.8 Å². The topological polar surface area (TPSA) is 50.4 Å². The van der Waals surface area contributed by atoms with Gasteiger partial charge in [-0.3, -0.25) is 0 Å². The molecule has 1 rings (SSSR count). The van der Waals surface area contributed by atoms with Gasteiger partial charge >= 0.3 is 6.09 Å². The standard InChI is InChI=1S/C12H24N2O2/c1-6-16-10(15)13-9-7-11(2,3)14-12(4,5)8-9/h9,14H,6-8H2,1-5H3,(H,13,15). The van der Waals surface area contributed by atoms with E-state index in [4.69, 9.17) is 4.74 Å². The Bertz CT molecular complexity index is 246. The molecule has 1 amide bonds. The van der Waals surface area contributed by atoms with E-state index in [1.807, 2.05) is 6.92 Å². The number of piperidine rings is 1. The zero-order chi connectivity index (χ0) is 12.4. The SMILES string of the molecule is CCOC(=O)NC1CC(C)(C)NC(C)(C)C1. The second-order valence-electron chi connectivity index (χ2n) is 5.86. The molecule has 0 aromatic carbocycles. The molecule has 1 aliphatic rings. The van der Waals surface area contributed by atoms with Crippen LogP contribution in [0.25, 0.3) is 0 Å². The maximum atomic E-state index is 11.4. The van der Waals surface area contributed by atoms with E-state index >= 15 is 0 Å². The lowest BCUT2D eigenvalue weighted by Gasteiger charge is -2.46. The Morgan fingerprint density at radius 2 is 1.81 bits per heavy atom. The summed E-state index contributed by atoms with van der Waals surface area (Å²) in [5, 5.41) is 6.50. The molecule has 0 aromatic heterocycles. The number of ether oxygens (including phenoxy) is 1. The van der Waals surface area contributed by atoms with E-state index < -0.39 is 0 Å². The third-order valence-electron chi connectivity index (χ3n) is 2.79. The van der Waals surface area contributed by atoms with Gasteiger partial charge in [0.05, 0.1) is 6.61 Å². The lowest BCUT2D eigenvalue weighted by molar-refractivity contribution is 0.119. The van der Waals surface area contributed by atoms with Gasteiger partial charge in [-0.2, -0.15) is 0 Å². The summed E-state index contributed by atoms with van der Waals surface area (Å²) in [6, 6.07) is 0.185. The predicted octanol–water partition coefficient (Wildman–Crippen LogP) is 2.04. The number of carbonyl (C=O) groups is 1. The Hall–Kier alpha value is -0.770. The number of alkyl carbamates (subject to hydrolysis) is 1. The lowest BCUT2D eigenvalue weighted by Crippen LogP contribution is -2.62. The van der Waals surface area contributed by atoms with E-state index in [-0.39, 0.29) is 23.2 Å². The smallest absolute Gasteiger partial charge is 0.407 e. The highest BCUT2D eigenvalue weighted by Crippen LogP contribution is 2.28. The number of rotatable bonds is 2. The first-order valence-corrected chi connectivity index (χ1v) is 5.97. The molecule has 0 bridgehead atoms. The molecule has 1 fully saturated rings. The van der Waals surface area contributed by atoms with Crippen LogP contribution in [-0.2, 0) is 4.74 Å². The van der Waals surface area contributed by atoms with E-state index in [1.165, 1.54) is 0 Å². The fourth-order valence-corrected chi connectivity index (χ4v) is 2.76. The van der Waals surface area contributed by atoms with Crippen molar-refractivity contribution in [3.63, 3.8) is 0 Å². The molecule has 4 nitrogen and oxygen atoms in total. The van der Waals surface area contributed by atoms with E-state index in [1.54, 1.807) is 0 Å². The van der Waals surface area contributed by atoms with Crippen LogP contribution in [0.15, 0.2) is 0 Å². The summed E-state index contributed by atoms with van der Waals surface area (Å²) in [4.78, 5) is 11.4. The molecule has 0 radical (unpaired) electrons. The van der Waals surface area contributed by atoms with E-state index in [0.717, 1.165) is 12.8 Å². The Labute approximate surface area is 98.1 Å². The lowest BCUT2D eigenvalue weighted by atomic mass is 9.80. The van der Waals surface area contributed by atoms with Crippen LogP contribution in [0.3, 0.4) is 0 Å². The van der Waals surface area contributed by atoms with Crippen molar-refractivity contribution in [2.75, 3.05) is 6.61 Å². The molecule has 0 atom stereocenters. The van der Waals surface area contributed by atoms with E-state index in [2.05, 4.69) is 38.3 Å². The van der Waals surface area contributed by atoms with Gasteiger partial charge in [-0.25, -0.2) is 4.79 Å². The molecule has 0 unspecified atom stereocenters. The molecule has 0 spiro atoms. The monoisotopic (exact) mass is 228 g/mol. The molecular weight excluding hydrogens is 204 g/mol. The summed E-state index contributed by atoms with van der Waals surface area (Å²) in [5.41, 5.74) is 0.0951. The minimum absolute atomic E-state index is 0.0475. The van der Waals surface area contributed by atoms with Crippen molar-refractivity contribution in [1.82, 2.24) is 10.6 Å². The molecule has 94 valence electrons. The van der Waals surface area contributed by atoms with Gasteiger partial charge in [-0.1, -0.05) is 0 Å². The van der Waals surface area contributed by atoms with Crippen molar-refractivity contribution < 1.29 is 9.53 Å². The van der Waals surface area contributed by atoms with Crippen LogP contribution in [0.5, 0.6) is 0 Å². The zero-order valence-electron chi connectivity index (χ0n) is 11.0. The van der Waals surface area contributed by atoms with Crippen molar-refractivity contribution in [3.8, 4) is 0 Å². The van der Waals surface area contributed by atoms with Crippen LogP contribution in [0.4, 0.5) is 4.79 Å². The summed E-state index contributed by atoms with van der Waals surface area (Å²) in [5.74, 6) is 0. The Balaban J connectivity index is 2.57. The predicted molar refractivity (Wildman–Crippen MR) is 64.5 cm³/mol. The molecule has 4 heteroatoms. The van der Waals surface area contributed by atoms with Gasteiger partial charge in [0.15, 0.2) is 0 Å². The molecule has 1 saturated heterocycles. The van der Waals surface area contributed by atoms with Crippen LogP contribution in [0, 0.1) is 0 Å². The van der Waals surface area contributed by atoms with Gasteiger partial charge in [0.1, 0.15) is 0 Å². The second-order valence-corrected chi connectivity index (χ2v) is 5.86. The highest BCUT2D eigenvalue weighted by Gasteiger charge is 2.38. The fourth-order valence-electron chi connectivity index (χ4n) is 2.76. The highest BCUT2D eigenvalue weighted by molar-refractivity contribution is 5.67. The molecule has 16 heavy (non-hydrogen) atoms. The van der Waals surface area contributed by atoms with E-state index in [9.17, 15) is 4.79 Å². The average Bonchev–Trinajstić information content (AvgIpc) is 1.96. The number of hydrogen-bond donors (Lipinski definition) is 2. The zero-order valence-corrected chi connectivity index (χ0v) is 11.0. The van der Waals surface area contributed by atoms with Crippen LogP contribution in [0.1, 0.15) is 47.5 Å². The highest BCUT2D eigenvalue weighted by atomic mass is 16.5. The minimum atomic E-state index is -0.305. The Morgan fingerprint density at radius 1 is 1.31 bits per heavy atom. The summed E-state index contributed by atoms with van der Waals surface area (Å²) in [6.07, 6.45) is 1.55. The summed E-state index contributed by atoms with van der Waals surface area (Å²) >= 11 is 0. The summed E-state index contributed by atoms with van der Waals surface area (Å²) in [7, 11) is 0. The average molecular weight is 228 g/mol. The second kappa shape index (κ2) is 4.62. The first kappa shape index (κ1) is 13.3. The molecular formula is C12H24N2O2. The third-order valence-corrected chi connectivity index (χ3v) is 2.79. The Morgan fingerprint density at radius 3 is 2.25 bits per heavy atom. The number of hydrogen-bond acceptors (Lipinski definition) is 3. The number of carbonyl (C=O) groups excluding carboxylic acids is 1. The van der Waals surface area contributed by atoms with Gasteiger partial charge in [0, 0.05) is 17.1 Å². The maximum Gasteiger partial charge on any atom is 0.407 e. The molecule has 0 aromatic rings. The van der Waals surface area contributed by atoms with Gasteiger partial charge in [-0.05, 0) is 47.5 Å². The van der Waals surface area contributed by atoms with Crippen molar-refractivity contribution in [2.24, 2.45) is 0 Å². The normalized spacial score (nSPS) is 23.8. The van der Waals surface area contributed by atoms with Gasteiger partial charge < -0.3 is 15.4 Å². The molecule has 1 aliphatic heterocycles. The van der Waals surface area contributed by atoms with Crippen LogP contribution >= 0.6 is 0 Å². The van der Waals surface area contributed by atoms with Crippen LogP contribution in [0.2, 0.25) is 0 Å². The third kappa shape index (κ3) is 4.00. The molecule has 2 N–H and O–H groups in total. The van der Waals surface area contributed by atoms with Gasteiger partial charge in [-0.15, -0.1) is 0 Å². The van der Waals surface area contributed by atoms with E-state index in [0.29, 0.717) is 6.61 Å². The molecule has 0 saturated carbocycles. The van der Waals surface area contributed by atoms with Crippen molar-refractivity contribution in [1.29, 1.82) is 0 Å². The largest absolute Gasteiger partial charge is 0.450 e. The van der Waals surface area contributed by atoms with Gasteiger partial charge in [0.2, 0.25) is 0 Å². The number of amides is 1. The number of nitrogens with one attached hydrogen (secondary N) is 2. The van der Waals surface area contributed by atoms with Crippen LogP contribution < -0.4 is 10.6 Å². The quantitative estimate of drug-likeness (QED) is 0.760. The fraction of sp³-hybridized carbons (Fsp3) is 0.917. The molecule has 1 heterocycles. The summed E-state index contributed by atoms with van der Waals surface area (Å²) in [6.45, 7) is 10.9. The Kier molecular flexibility index (Phi) is 3.84. The van der Waals surface area contributed by atoms with Crippen molar-refractivity contribution in [3.05, 3.63) is 0 Å². The first-order chi connectivity index (χ1) is 7.24. The summed E-state index contributed by atoms with van der Waals surface area (Å²) < 4.78 is 4.91.